The number of alkyl halides is 3. The molecule has 3 aromatic carbocycles. The van der Waals surface area contributed by atoms with E-state index in [1.807, 2.05) is 43.3 Å². The molecule has 13 heteroatoms. The maximum atomic E-state index is 13.1. The Bertz CT molecular complexity index is 1810. The molecule has 1 aromatic heterocycles. The highest BCUT2D eigenvalue weighted by atomic mass is 32.2. The average Bonchev–Trinajstić information content (AvgIpc) is 3.64. The molecule has 0 spiro atoms. The molecule has 1 aliphatic heterocycles. The Kier molecular flexibility index (Phi) is 8.85. The number of rotatable bonds is 7. The summed E-state index contributed by atoms with van der Waals surface area (Å²) in [5, 5.41) is 7.93. The highest BCUT2D eigenvalue weighted by Gasteiger charge is 2.33. The van der Waals surface area contributed by atoms with Gasteiger partial charge in [-0.25, -0.2) is 14.5 Å². The maximum Gasteiger partial charge on any atom is 0.573 e. The summed E-state index contributed by atoms with van der Waals surface area (Å²) in [6.07, 6.45) is 0.585. The van der Waals surface area contributed by atoms with E-state index in [2.05, 4.69) is 32.1 Å². The van der Waals surface area contributed by atoms with Gasteiger partial charge in [0.1, 0.15) is 12.1 Å². The lowest BCUT2D eigenvalue weighted by Gasteiger charge is -2.25. The zero-order valence-corrected chi connectivity index (χ0v) is 26.0. The number of aliphatic imine (C=N–C) groups is 1. The second-order valence-electron chi connectivity index (χ2n) is 11.2. The van der Waals surface area contributed by atoms with Gasteiger partial charge in [0.05, 0.1) is 17.1 Å². The number of carbonyl (C=O) groups is 2. The molecule has 0 saturated carbocycles. The van der Waals surface area contributed by atoms with Crippen molar-refractivity contribution in [1.82, 2.24) is 20.1 Å². The number of amidine groups is 1. The van der Waals surface area contributed by atoms with E-state index >= 15 is 0 Å². The van der Waals surface area contributed by atoms with Crippen LogP contribution in [0.25, 0.3) is 17.1 Å². The van der Waals surface area contributed by atoms with Gasteiger partial charge in [0, 0.05) is 11.6 Å². The van der Waals surface area contributed by atoms with Gasteiger partial charge >= 0.3 is 12.4 Å². The molecule has 3 amide bonds. The monoisotopic (exact) mass is 648 g/mol. The molecule has 0 radical (unpaired) electrons. The Balaban J connectivity index is 1.11. The summed E-state index contributed by atoms with van der Waals surface area (Å²) in [6, 6.07) is 16.8. The number of aromatic nitrogens is 3. The van der Waals surface area contributed by atoms with Crippen LogP contribution in [0.2, 0.25) is 0 Å². The van der Waals surface area contributed by atoms with Crippen molar-refractivity contribution < 1.29 is 27.5 Å². The van der Waals surface area contributed by atoms with Crippen molar-refractivity contribution in [3.8, 4) is 22.8 Å². The number of benzene rings is 3. The number of amides is 3. The van der Waals surface area contributed by atoms with E-state index in [-0.39, 0.29) is 23.5 Å². The summed E-state index contributed by atoms with van der Waals surface area (Å²) in [5.41, 5.74) is 6.45. The minimum absolute atomic E-state index is 0.0883. The Morgan fingerprint density at radius 1 is 1.11 bits per heavy atom. The summed E-state index contributed by atoms with van der Waals surface area (Å²) in [4.78, 5) is 36.2. The lowest BCUT2D eigenvalue weighted by Crippen LogP contribution is -2.38. The molecule has 9 nitrogen and oxygen atoms in total. The number of ether oxygens (including phenoxy) is 1. The molecular formula is C33H31F3N6O3S. The van der Waals surface area contributed by atoms with Crippen LogP contribution < -0.4 is 15.0 Å². The van der Waals surface area contributed by atoms with Gasteiger partial charge in [-0.1, -0.05) is 49.4 Å². The number of carbonyl (C=O) groups excluding carboxylic acids is 2. The average molecular weight is 649 g/mol. The van der Waals surface area contributed by atoms with Crippen LogP contribution in [0.4, 0.5) is 23.7 Å². The highest BCUT2D eigenvalue weighted by molar-refractivity contribution is 8.15. The molecule has 46 heavy (non-hydrogen) atoms. The molecule has 2 heterocycles. The number of anilines is 1. The van der Waals surface area contributed by atoms with Crippen molar-refractivity contribution in [3.05, 3.63) is 89.2 Å². The van der Waals surface area contributed by atoms with Gasteiger partial charge in [-0.3, -0.25) is 9.69 Å². The normalized spacial score (nSPS) is 17.3. The van der Waals surface area contributed by atoms with Crippen molar-refractivity contribution in [2.24, 2.45) is 4.99 Å². The number of fused-ring (bicyclic) bond motifs is 1. The Morgan fingerprint density at radius 3 is 2.67 bits per heavy atom. The molecule has 1 atom stereocenters. The summed E-state index contributed by atoms with van der Waals surface area (Å²) in [6.45, 7) is 4.07. The molecule has 6 rings (SSSR count). The number of nitrogens with one attached hydrogen (secondary N) is 1. The molecule has 1 saturated heterocycles. The number of aryl methyl sites for hydroxylation is 3. The number of nitrogens with zero attached hydrogens (tertiary/aromatic N) is 5. The predicted octanol–water partition coefficient (Wildman–Crippen LogP) is 6.80. The van der Waals surface area contributed by atoms with Crippen LogP contribution in [0.3, 0.4) is 0 Å². The molecule has 1 N–H and O–H groups in total. The minimum atomic E-state index is -4.76. The predicted molar refractivity (Wildman–Crippen MR) is 170 cm³/mol. The summed E-state index contributed by atoms with van der Waals surface area (Å²) >= 11 is 1.27. The van der Waals surface area contributed by atoms with Crippen molar-refractivity contribution >= 4 is 34.6 Å². The van der Waals surface area contributed by atoms with Crippen LogP contribution in [0, 0.1) is 6.92 Å². The summed E-state index contributed by atoms with van der Waals surface area (Å²) in [7, 11) is 0. The van der Waals surface area contributed by atoms with Crippen molar-refractivity contribution in [1.29, 1.82) is 0 Å². The largest absolute Gasteiger partial charge is 0.573 e. The second kappa shape index (κ2) is 13.0. The molecule has 4 aromatic rings. The Labute approximate surface area is 267 Å². The first kappa shape index (κ1) is 31.3. The molecule has 2 aliphatic rings. The van der Waals surface area contributed by atoms with E-state index in [9.17, 15) is 22.8 Å². The van der Waals surface area contributed by atoms with Gasteiger partial charge in [-0.2, -0.15) is 4.99 Å². The highest BCUT2D eigenvalue weighted by Crippen LogP contribution is 2.32. The quantitative estimate of drug-likeness (QED) is 0.237. The Hall–Kier alpha value is -4.65. The van der Waals surface area contributed by atoms with Gasteiger partial charge in [0.2, 0.25) is 5.91 Å². The number of halogens is 3. The molecule has 238 valence electrons. The Morgan fingerprint density at radius 2 is 1.91 bits per heavy atom. The fourth-order valence-electron chi connectivity index (χ4n) is 5.68. The van der Waals surface area contributed by atoms with Crippen LogP contribution in [0.15, 0.2) is 72.0 Å². The SMILES string of the molecule is CCCc1ccc(C)cc1N1C(=O)CS/C1=N\C(=O)NC1CCc2cc(-c3ncn(-c4ccc(OC(F)(F)F)cc4)n3)ccc2C1. The molecule has 1 aliphatic carbocycles. The zero-order chi connectivity index (χ0) is 32.4. The number of hydrogen-bond donors (Lipinski definition) is 1. The van der Waals surface area contributed by atoms with Crippen molar-refractivity contribution in [2.45, 2.75) is 58.4 Å². The van der Waals surface area contributed by atoms with E-state index in [0.29, 0.717) is 23.1 Å². The summed E-state index contributed by atoms with van der Waals surface area (Å²) in [5.74, 6) is 0.315. The fraction of sp³-hybridized carbons (Fsp3) is 0.303. The van der Waals surface area contributed by atoms with Crippen LogP contribution in [-0.4, -0.2) is 50.0 Å². The second-order valence-corrected chi connectivity index (χ2v) is 12.2. The lowest BCUT2D eigenvalue weighted by atomic mass is 9.87. The van der Waals surface area contributed by atoms with Gasteiger partial charge < -0.3 is 10.1 Å². The third kappa shape index (κ3) is 7.09. The van der Waals surface area contributed by atoms with E-state index in [1.54, 1.807) is 4.90 Å². The van der Waals surface area contributed by atoms with Crippen LogP contribution in [0.5, 0.6) is 5.75 Å². The summed E-state index contributed by atoms with van der Waals surface area (Å²) < 4.78 is 42.8. The van der Waals surface area contributed by atoms with Gasteiger partial charge in [-0.05, 0) is 91.3 Å². The first-order valence-electron chi connectivity index (χ1n) is 14.9. The fourth-order valence-corrected chi connectivity index (χ4v) is 6.53. The number of urea groups is 1. The molecule has 0 bridgehead atoms. The van der Waals surface area contributed by atoms with Crippen LogP contribution in [0.1, 0.15) is 42.0 Å². The van der Waals surface area contributed by atoms with Crippen molar-refractivity contribution in [2.75, 3.05) is 10.7 Å². The maximum absolute atomic E-state index is 13.1. The zero-order valence-electron chi connectivity index (χ0n) is 25.2. The van der Waals surface area contributed by atoms with Gasteiger partial charge in [0.25, 0.3) is 0 Å². The van der Waals surface area contributed by atoms with E-state index in [1.165, 1.54) is 47.0 Å². The molecule has 1 fully saturated rings. The molecular weight excluding hydrogens is 617 g/mol. The topological polar surface area (TPSA) is 102 Å². The van der Waals surface area contributed by atoms with Gasteiger partial charge in [0.15, 0.2) is 11.0 Å². The third-order valence-corrected chi connectivity index (χ3v) is 8.73. The van der Waals surface area contributed by atoms with E-state index in [0.717, 1.165) is 59.2 Å². The minimum Gasteiger partial charge on any atom is -0.406 e. The number of thioether (sulfide) groups is 1. The molecule has 1 unspecified atom stereocenters. The third-order valence-electron chi connectivity index (χ3n) is 7.81. The van der Waals surface area contributed by atoms with Crippen LogP contribution in [-0.2, 0) is 24.1 Å². The first-order chi connectivity index (χ1) is 22.1. The van der Waals surface area contributed by atoms with Crippen LogP contribution >= 0.6 is 11.8 Å². The first-order valence-corrected chi connectivity index (χ1v) is 15.9. The number of hydrogen-bond acceptors (Lipinski definition) is 6. The van der Waals surface area contributed by atoms with Gasteiger partial charge in [-0.15, -0.1) is 18.3 Å². The van der Waals surface area contributed by atoms with E-state index in [4.69, 9.17) is 0 Å². The lowest BCUT2D eigenvalue weighted by molar-refractivity contribution is -0.274. The van der Waals surface area contributed by atoms with E-state index < -0.39 is 12.4 Å². The smallest absolute Gasteiger partial charge is 0.406 e. The standard InChI is InChI=1S/C33H31F3N6O3S/c1-3-4-21-6-5-20(2)15-28(21)42-29(43)18-46-32(42)39-31(44)38-25-10-9-22-16-24(8-7-23(22)17-25)30-37-19-41(40-30)26-11-13-27(14-12-26)45-33(34,35)36/h5-8,11-16,19,25H,3-4,9-10,17-18H2,1-2H3,(H,38,44)/b39-32-. The van der Waals surface area contributed by atoms with Crippen molar-refractivity contribution in [3.63, 3.8) is 0 Å².